The second kappa shape index (κ2) is 9.89. The molecule has 3 saturated heterocycles. The normalized spacial score (nSPS) is 28.6. The number of piperazine rings is 1. The highest BCUT2D eigenvalue weighted by Crippen LogP contribution is 2.26. The summed E-state index contributed by atoms with van der Waals surface area (Å²) in [4.78, 5) is 31.8. The number of amides is 1. The van der Waals surface area contributed by atoms with Crippen LogP contribution in [-0.4, -0.2) is 108 Å². The first-order chi connectivity index (χ1) is 13.4. The first-order valence-corrected chi connectivity index (χ1v) is 10.8. The molecular weight excluding hydrogens is 360 g/mol. The quantitative estimate of drug-likeness (QED) is 0.664. The molecule has 0 bridgehead atoms. The van der Waals surface area contributed by atoms with Crippen LogP contribution in [0.15, 0.2) is 0 Å². The lowest BCUT2D eigenvalue weighted by atomic mass is 9.92. The third kappa shape index (κ3) is 5.58. The van der Waals surface area contributed by atoms with Gasteiger partial charge in [-0.25, -0.2) is 4.79 Å². The number of likely N-dealkylation sites (tertiary alicyclic amines) is 1. The van der Waals surface area contributed by atoms with E-state index in [1.54, 1.807) is 0 Å². The van der Waals surface area contributed by atoms with Crippen LogP contribution in [0, 0.1) is 5.92 Å². The van der Waals surface area contributed by atoms with Crippen molar-refractivity contribution in [1.29, 1.82) is 0 Å². The number of carbonyl (C=O) groups is 2. The fraction of sp³-hybridized carbons (Fsp3) is 0.900. The number of ether oxygens (including phenoxy) is 1. The summed E-state index contributed by atoms with van der Waals surface area (Å²) in [5, 5.41) is 8.83. The van der Waals surface area contributed by atoms with E-state index in [2.05, 4.69) is 28.7 Å². The molecular formula is C20H36N4O4. The minimum absolute atomic E-state index is 0.0653. The van der Waals surface area contributed by atoms with Crippen molar-refractivity contribution in [1.82, 2.24) is 19.6 Å². The van der Waals surface area contributed by atoms with Gasteiger partial charge in [0.2, 0.25) is 0 Å². The molecule has 1 N–H and O–H groups in total. The highest BCUT2D eigenvalue weighted by Gasteiger charge is 2.42. The van der Waals surface area contributed by atoms with Crippen LogP contribution in [-0.2, 0) is 9.53 Å². The third-order valence-corrected chi connectivity index (χ3v) is 6.62. The van der Waals surface area contributed by atoms with Crippen LogP contribution in [0.5, 0.6) is 0 Å². The van der Waals surface area contributed by atoms with Gasteiger partial charge in [-0.15, -0.1) is 0 Å². The summed E-state index contributed by atoms with van der Waals surface area (Å²) in [5.74, 6) is 0.0384. The first kappa shape index (κ1) is 21.3. The molecule has 3 rings (SSSR count). The van der Waals surface area contributed by atoms with E-state index in [0.717, 1.165) is 45.1 Å². The van der Waals surface area contributed by atoms with E-state index < -0.39 is 5.97 Å². The van der Waals surface area contributed by atoms with Crippen molar-refractivity contribution in [3.8, 4) is 0 Å². The topological polar surface area (TPSA) is 76.6 Å². The van der Waals surface area contributed by atoms with Crippen LogP contribution in [0.25, 0.3) is 0 Å². The minimum atomic E-state index is -0.753. The molecule has 0 aliphatic carbocycles. The van der Waals surface area contributed by atoms with Gasteiger partial charge in [0.25, 0.3) is 0 Å². The molecule has 3 aliphatic rings. The summed E-state index contributed by atoms with van der Waals surface area (Å²) in [6.07, 6.45) is 4.59. The Bertz CT molecular complexity index is 530. The Morgan fingerprint density at radius 1 is 1.11 bits per heavy atom. The lowest BCUT2D eigenvalue weighted by Crippen LogP contribution is -2.53. The summed E-state index contributed by atoms with van der Waals surface area (Å²) >= 11 is 0. The molecule has 8 nitrogen and oxygen atoms in total. The molecule has 160 valence electrons. The van der Waals surface area contributed by atoms with Gasteiger partial charge >= 0.3 is 12.1 Å². The van der Waals surface area contributed by atoms with Crippen LogP contribution in [0.2, 0.25) is 0 Å². The summed E-state index contributed by atoms with van der Waals surface area (Å²) in [6.45, 7) is 9.10. The number of nitrogens with zero attached hydrogens (tertiary/aromatic N) is 4. The van der Waals surface area contributed by atoms with Gasteiger partial charge in [-0.2, -0.15) is 0 Å². The van der Waals surface area contributed by atoms with E-state index in [-0.39, 0.29) is 24.8 Å². The van der Waals surface area contributed by atoms with Crippen molar-refractivity contribution < 1.29 is 19.4 Å². The monoisotopic (exact) mass is 396 g/mol. The molecule has 8 heteroatoms. The second-order valence-electron chi connectivity index (χ2n) is 8.62. The molecule has 1 amide bonds. The number of carboxylic acid groups (broad SMARTS) is 1. The lowest BCUT2D eigenvalue weighted by Gasteiger charge is -2.38. The average Bonchev–Trinajstić information content (AvgIpc) is 2.96. The highest BCUT2D eigenvalue weighted by atomic mass is 16.6. The number of cyclic esters (lactones) is 1. The van der Waals surface area contributed by atoms with Gasteiger partial charge in [-0.3, -0.25) is 9.69 Å². The van der Waals surface area contributed by atoms with E-state index in [0.29, 0.717) is 6.54 Å². The highest BCUT2D eigenvalue weighted by molar-refractivity contribution is 5.70. The van der Waals surface area contributed by atoms with Crippen LogP contribution >= 0.6 is 0 Å². The number of piperidine rings is 1. The Hall–Kier alpha value is -1.38. The predicted octanol–water partition coefficient (Wildman–Crippen LogP) is 1.37. The molecule has 0 spiro atoms. The Morgan fingerprint density at radius 3 is 2.43 bits per heavy atom. The zero-order chi connectivity index (χ0) is 20.1. The maximum Gasteiger partial charge on any atom is 0.411 e. The van der Waals surface area contributed by atoms with E-state index in [1.165, 1.54) is 32.4 Å². The number of aliphatic carboxylic acids is 1. The Kier molecular flexibility index (Phi) is 7.54. The van der Waals surface area contributed by atoms with Crippen LogP contribution in [0.4, 0.5) is 4.79 Å². The van der Waals surface area contributed by atoms with E-state index >= 15 is 0 Å². The minimum Gasteiger partial charge on any atom is -0.481 e. The van der Waals surface area contributed by atoms with Crippen molar-refractivity contribution in [3.05, 3.63) is 0 Å². The molecule has 3 aliphatic heterocycles. The van der Waals surface area contributed by atoms with E-state index in [1.807, 2.05) is 4.90 Å². The fourth-order valence-corrected chi connectivity index (χ4v) is 4.66. The van der Waals surface area contributed by atoms with Gasteiger partial charge < -0.3 is 24.5 Å². The smallest absolute Gasteiger partial charge is 0.411 e. The molecule has 0 aromatic rings. The first-order valence-electron chi connectivity index (χ1n) is 10.8. The predicted molar refractivity (Wildman–Crippen MR) is 106 cm³/mol. The summed E-state index contributed by atoms with van der Waals surface area (Å²) in [5.41, 5.74) is 0. The lowest BCUT2D eigenvalue weighted by molar-refractivity contribution is -0.137. The van der Waals surface area contributed by atoms with Gasteiger partial charge in [0.05, 0.1) is 12.5 Å². The van der Waals surface area contributed by atoms with E-state index in [4.69, 9.17) is 9.84 Å². The second-order valence-corrected chi connectivity index (χ2v) is 8.62. The maximum atomic E-state index is 12.4. The third-order valence-electron chi connectivity index (χ3n) is 6.62. The van der Waals surface area contributed by atoms with Crippen molar-refractivity contribution >= 4 is 12.1 Å². The molecule has 0 aromatic heterocycles. The number of carbonyl (C=O) groups excluding carboxylic acids is 1. The van der Waals surface area contributed by atoms with Gasteiger partial charge in [0, 0.05) is 39.3 Å². The molecule has 0 aromatic carbocycles. The van der Waals surface area contributed by atoms with Crippen molar-refractivity contribution in [2.75, 3.05) is 59.4 Å². The fourth-order valence-electron chi connectivity index (χ4n) is 4.66. The average molecular weight is 397 g/mol. The van der Waals surface area contributed by atoms with Gasteiger partial charge in [-0.1, -0.05) is 0 Å². The number of carboxylic acids is 1. The molecule has 0 radical (unpaired) electrons. The maximum absolute atomic E-state index is 12.4. The van der Waals surface area contributed by atoms with Crippen molar-refractivity contribution in [2.45, 2.75) is 51.3 Å². The van der Waals surface area contributed by atoms with Crippen molar-refractivity contribution in [2.24, 2.45) is 5.92 Å². The van der Waals surface area contributed by atoms with Gasteiger partial charge in [0.15, 0.2) is 6.23 Å². The Labute approximate surface area is 168 Å². The standard InChI is InChI=1S/C20H36N4O4/c1-16-19(23-14-12-22(13-15-23)11-7-18(25)26)28-20(27)24(16)8-3-4-17-5-9-21(2)10-6-17/h16-17,19H,3-15H2,1-2H3,(H,25,26). The molecule has 0 saturated carbocycles. The Balaban J connectivity index is 1.40. The molecule has 2 unspecified atom stereocenters. The van der Waals surface area contributed by atoms with Gasteiger partial charge in [-0.05, 0) is 58.7 Å². The van der Waals surface area contributed by atoms with Crippen LogP contribution in [0.1, 0.15) is 39.0 Å². The Morgan fingerprint density at radius 2 is 1.79 bits per heavy atom. The molecule has 3 fully saturated rings. The number of hydrogen-bond acceptors (Lipinski definition) is 6. The van der Waals surface area contributed by atoms with E-state index in [9.17, 15) is 9.59 Å². The molecule has 3 heterocycles. The van der Waals surface area contributed by atoms with Crippen molar-refractivity contribution in [3.63, 3.8) is 0 Å². The van der Waals surface area contributed by atoms with Crippen LogP contribution < -0.4 is 0 Å². The summed E-state index contributed by atoms with van der Waals surface area (Å²) in [7, 11) is 2.18. The summed E-state index contributed by atoms with van der Waals surface area (Å²) < 4.78 is 5.71. The van der Waals surface area contributed by atoms with Gasteiger partial charge in [0.1, 0.15) is 0 Å². The number of rotatable bonds is 8. The SMILES string of the molecule is CC1C(N2CCN(CCC(=O)O)CC2)OC(=O)N1CCCC1CCN(C)CC1. The molecule has 28 heavy (non-hydrogen) atoms. The van der Waals surface area contributed by atoms with Crippen LogP contribution in [0.3, 0.4) is 0 Å². The molecule has 2 atom stereocenters. The summed E-state index contributed by atoms with van der Waals surface area (Å²) in [6, 6.07) is 0.0653. The largest absolute Gasteiger partial charge is 0.481 e. The zero-order valence-corrected chi connectivity index (χ0v) is 17.4. The number of hydrogen-bond donors (Lipinski definition) is 1. The zero-order valence-electron chi connectivity index (χ0n) is 17.4.